The fourth-order valence-corrected chi connectivity index (χ4v) is 6.21. The molecule has 38 heavy (non-hydrogen) atoms. The first-order valence-electron chi connectivity index (χ1n) is 12.4. The highest BCUT2D eigenvalue weighted by molar-refractivity contribution is 6.29. The van der Waals surface area contributed by atoms with Crippen molar-refractivity contribution in [1.82, 2.24) is 9.88 Å². The molecule has 6 nitrogen and oxygen atoms in total. The second kappa shape index (κ2) is 10.1. The smallest absolute Gasteiger partial charge is 0.243 e. The summed E-state index contributed by atoms with van der Waals surface area (Å²) in [5.74, 6) is 0.274. The van der Waals surface area contributed by atoms with E-state index in [1.807, 2.05) is 42.3 Å². The number of methoxy groups -OCH3 is 1. The van der Waals surface area contributed by atoms with Gasteiger partial charge in [-0.2, -0.15) is 5.26 Å². The number of hydrogen-bond donors (Lipinski definition) is 1. The molecular formula is C29H28ClF2N3O3. The molecule has 2 fully saturated rings. The van der Waals surface area contributed by atoms with Gasteiger partial charge in [-0.15, -0.1) is 0 Å². The normalized spacial score (nSPS) is 25.9. The Labute approximate surface area is 225 Å². The fourth-order valence-electron chi connectivity index (χ4n) is 6.03. The van der Waals surface area contributed by atoms with Gasteiger partial charge in [0.15, 0.2) is 5.60 Å². The third kappa shape index (κ3) is 4.19. The number of nitriles is 1. The molecule has 1 saturated heterocycles. The van der Waals surface area contributed by atoms with E-state index in [2.05, 4.69) is 23.2 Å². The van der Waals surface area contributed by atoms with Crippen molar-refractivity contribution in [2.24, 2.45) is 5.92 Å². The molecular weight excluding hydrogens is 512 g/mol. The Morgan fingerprint density at radius 1 is 1.18 bits per heavy atom. The molecule has 0 radical (unpaired) electrons. The Balaban J connectivity index is 0.000000316. The predicted octanol–water partition coefficient (Wildman–Crippen LogP) is 5.48. The molecule has 6 rings (SSSR count). The maximum atomic E-state index is 12.2. The van der Waals surface area contributed by atoms with Crippen LogP contribution >= 0.6 is 11.6 Å². The van der Waals surface area contributed by atoms with Crippen molar-refractivity contribution in [3.05, 3.63) is 88.1 Å². The largest absolute Gasteiger partial charge is 0.481 e. The van der Waals surface area contributed by atoms with E-state index in [0.717, 1.165) is 11.1 Å². The van der Waals surface area contributed by atoms with Gasteiger partial charge < -0.3 is 19.5 Å². The number of hydrogen-bond acceptors (Lipinski definition) is 6. The number of likely N-dealkylation sites (tertiary alicyclic amines) is 1. The monoisotopic (exact) mass is 539 g/mol. The summed E-state index contributed by atoms with van der Waals surface area (Å²) in [5.41, 5.74) is 0.487. The molecule has 0 spiro atoms. The lowest BCUT2D eigenvalue weighted by molar-refractivity contribution is -0.106. The topological polar surface area (TPSA) is 78.6 Å². The lowest BCUT2D eigenvalue weighted by Crippen LogP contribution is -2.48. The Kier molecular flexibility index (Phi) is 7.03. The molecule has 3 unspecified atom stereocenters. The Morgan fingerprint density at radius 3 is 2.42 bits per heavy atom. The van der Waals surface area contributed by atoms with Crippen LogP contribution < -0.4 is 9.47 Å². The summed E-state index contributed by atoms with van der Waals surface area (Å²) in [6.07, 6.45) is -0.920. The summed E-state index contributed by atoms with van der Waals surface area (Å²) in [6, 6.07) is 21.0. The van der Waals surface area contributed by atoms with Crippen molar-refractivity contribution in [2.45, 2.75) is 36.4 Å². The molecule has 3 aliphatic rings. The first-order chi connectivity index (χ1) is 18.2. The van der Waals surface area contributed by atoms with Gasteiger partial charge in [0.2, 0.25) is 12.3 Å². The number of benzene rings is 2. The number of ether oxygens (including phenoxy) is 2. The Hall–Kier alpha value is -3.25. The molecule has 3 atom stereocenters. The van der Waals surface area contributed by atoms with E-state index < -0.39 is 17.6 Å². The van der Waals surface area contributed by atoms with Crippen LogP contribution in [0.15, 0.2) is 60.7 Å². The van der Waals surface area contributed by atoms with Gasteiger partial charge in [0.25, 0.3) is 0 Å². The van der Waals surface area contributed by atoms with E-state index in [0.29, 0.717) is 42.8 Å². The van der Waals surface area contributed by atoms with E-state index in [1.165, 1.54) is 7.11 Å². The number of aromatic nitrogens is 1. The average Bonchev–Trinajstić information content (AvgIpc) is 3.33. The zero-order valence-corrected chi connectivity index (χ0v) is 21.8. The van der Waals surface area contributed by atoms with E-state index in [-0.39, 0.29) is 22.9 Å². The fraction of sp³-hybridized carbons (Fsp3) is 0.379. The van der Waals surface area contributed by atoms with E-state index in [9.17, 15) is 19.1 Å². The standard InChI is InChI=1S/C24H19ClN2O3.C5H9F2N/c1-29-22-21-19(13-20(25)27-22)30-24(17-9-7-15(14-26)8-10-17)18(11-12-23(21,24)28)16-5-3-2-4-6-16;1-8-2-4(3-8)5(6)7/h2-10,13,18,28H,11-12H2,1H3;4-5H,2-3H2,1H3. The molecule has 2 aliphatic heterocycles. The molecule has 3 heterocycles. The van der Waals surface area contributed by atoms with Gasteiger partial charge in [0.1, 0.15) is 16.5 Å². The van der Waals surface area contributed by atoms with Gasteiger partial charge in [-0.1, -0.05) is 54.1 Å². The van der Waals surface area contributed by atoms with Crippen LogP contribution in [0, 0.1) is 17.2 Å². The quantitative estimate of drug-likeness (QED) is 0.442. The molecule has 198 valence electrons. The number of rotatable bonds is 4. The summed E-state index contributed by atoms with van der Waals surface area (Å²) in [6.45, 7) is 1.13. The Bertz CT molecular complexity index is 1350. The van der Waals surface area contributed by atoms with Crippen LogP contribution in [0.5, 0.6) is 11.6 Å². The van der Waals surface area contributed by atoms with E-state index >= 15 is 0 Å². The van der Waals surface area contributed by atoms with Crippen molar-refractivity contribution < 1.29 is 23.4 Å². The van der Waals surface area contributed by atoms with Gasteiger partial charge in [0, 0.05) is 31.0 Å². The van der Waals surface area contributed by atoms with Crippen LogP contribution in [0.3, 0.4) is 0 Å². The second-order valence-electron chi connectivity index (χ2n) is 10.0. The van der Waals surface area contributed by atoms with Gasteiger partial charge in [-0.3, -0.25) is 0 Å². The zero-order chi connectivity index (χ0) is 27.1. The van der Waals surface area contributed by atoms with Crippen LogP contribution in [0.25, 0.3) is 0 Å². The van der Waals surface area contributed by atoms with Gasteiger partial charge in [-0.25, -0.2) is 13.8 Å². The minimum atomic E-state index is -2.11. The Morgan fingerprint density at radius 2 is 1.87 bits per heavy atom. The van der Waals surface area contributed by atoms with Gasteiger partial charge >= 0.3 is 0 Å². The number of alkyl halides is 2. The number of nitrogens with zero attached hydrogens (tertiary/aromatic N) is 3. The maximum Gasteiger partial charge on any atom is 0.243 e. The van der Waals surface area contributed by atoms with Crippen molar-refractivity contribution in [2.75, 3.05) is 27.2 Å². The average molecular weight is 540 g/mol. The molecule has 1 aromatic heterocycles. The molecule has 1 N–H and O–H groups in total. The second-order valence-corrected chi connectivity index (χ2v) is 10.4. The highest BCUT2D eigenvalue weighted by Gasteiger charge is 2.69. The van der Waals surface area contributed by atoms with Crippen molar-refractivity contribution in [3.63, 3.8) is 0 Å². The van der Waals surface area contributed by atoms with E-state index in [1.54, 1.807) is 18.2 Å². The van der Waals surface area contributed by atoms with Crippen LogP contribution in [0.1, 0.15) is 41.0 Å². The summed E-state index contributed by atoms with van der Waals surface area (Å²) < 4.78 is 35.4. The number of aliphatic hydroxyl groups is 1. The molecule has 3 aromatic rings. The van der Waals surface area contributed by atoms with Crippen molar-refractivity contribution in [1.29, 1.82) is 5.26 Å². The van der Waals surface area contributed by atoms with Crippen molar-refractivity contribution in [3.8, 4) is 17.7 Å². The van der Waals surface area contributed by atoms with Crippen LogP contribution in [-0.2, 0) is 11.2 Å². The maximum absolute atomic E-state index is 12.2. The molecule has 1 aliphatic carbocycles. The van der Waals surface area contributed by atoms with Crippen LogP contribution in [0.2, 0.25) is 5.15 Å². The van der Waals surface area contributed by atoms with Crippen molar-refractivity contribution >= 4 is 11.6 Å². The highest BCUT2D eigenvalue weighted by Crippen LogP contribution is 2.68. The summed E-state index contributed by atoms with van der Waals surface area (Å²) in [5, 5.41) is 21.7. The zero-order valence-electron chi connectivity index (χ0n) is 21.1. The number of pyridine rings is 1. The summed E-state index contributed by atoms with van der Waals surface area (Å²) in [4.78, 5) is 6.16. The molecule has 2 aromatic carbocycles. The molecule has 1 saturated carbocycles. The summed E-state index contributed by atoms with van der Waals surface area (Å²) in [7, 11) is 3.35. The third-order valence-electron chi connectivity index (χ3n) is 7.79. The first kappa shape index (κ1) is 26.4. The predicted molar refractivity (Wildman–Crippen MR) is 139 cm³/mol. The SMILES string of the molecule is CN1CC(C(F)F)C1.COc1nc(Cl)cc2c1C1(O)CCC(c3ccccc3)C1(c1ccc(C#N)cc1)O2. The molecule has 9 heteroatoms. The van der Waals surface area contributed by atoms with Gasteiger partial charge in [-0.05, 0) is 43.1 Å². The van der Waals surface area contributed by atoms with E-state index in [4.69, 9.17) is 21.1 Å². The number of fused-ring (bicyclic) bond motifs is 3. The van der Waals surface area contributed by atoms with Gasteiger partial charge in [0.05, 0.1) is 24.3 Å². The molecule has 0 bridgehead atoms. The highest BCUT2D eigenvalue weighted by atomic mass is 35.5. The summed E-state index contributed by atoms with van der Waals surface area (Å²) >= 11 is 6.20. The molecule has 0 amide bonds. The minimum Gasteiger partial charge on any atom is -0.481 e. The minimum absolute atomic E-state index is 0.118. The lowest BCUT2D eigenvalue weighted by Gasteiger charge is -2.40. The third-order valence-corrected chi connectivity index (χ3v) is 7.98. The number of halogens is 3. The van der Waals surface area contributed by atoms with Crippen LogP contribution in [0.4, 0.5) is 8.78 Å². The first-order valence-corrected chi connectivity index (χ1v) is 12.8. The lowest BCUT2D eigenvalue weighted by atomic mass is 9.72. The van der Waals surface area contributed by atoms with Crippen LogP contribution in [-0.4, -0.2) is 48.7 Å².